The molecule has 0 amide bonds. The molecule has 0 bridgehead atoms. The van der Waals surface area contributed by atoms with Gasteiger partial charge in [0.2, 0.25) is 0 Å². The molecule has 3 aromatic carbocycles. The maximum absolute atomic E-state index is 3.24. The molecule has 0 saturated carbocycles. The Morgan fingerprint density at radius 1 is 0.958 bits per heavy atom. The van der Waals surface area contributed by atoms with Gasteiger partial charge in [-0.2, -0.15) is 13.0 Å². The zero-order chi connectivity index (χ0) is 14.9. The molecule has 0 fully saturated rings. The van der Waals surface area contributed by atoms with Gasteiger partial charge in [-0.05, 0) is 0 Å². The molecule has 24 heavy (non-hydrogen) atoms. The average molecular weight is 434 g/mol. The van der Waals surface area contributed by atoms with Crippen LogP contribution in [-0.4, -0.2) is 0 Å². The van der Waals surface area contributed by atoms with Gasteiger partial charge in [-0.1, -0.05) is 36.4 Å². The van der Waals surface area contributed by atoms with Gasteiger partial charge in [0.15, 0.2) is 0 Å². The molecule has 0 unspecified atom stereocenters. The molecule has 3 heteroatoms. The Morgan fingerprint density at radius 2 is 1.42 bits per heavy atom. The molecule has 1 aliphatic rings. The monoisotopic (exact) mass is 431 g/mol. The van der Waals surface area contributed by atoms with E-state index in [1.807, 2.05) is 12.2 Å². The van der Waals surface area contributed by atoms with Crippen molar-refractivity contribution in [1.29, 1.82) is 0 Å². The van der Waals surface area contributed by atoms with Crippen LogP contribution in [-0.2, 0) is 26.2 Å². The second-order valence-corrected chi connectivity index (χ2v) is 4.68. The van der Waals surface area contributed by atoms with E-state index in [9.17, 15) is 0 Å². The van der Waals surface area contributed by atoms with Crippen LogP contribution < -0.4 is 24.8 Å². The normalized spacial score (nSPS) is 10.2. The van der Waals surface area contributed by atoms with Crippen LogP contribution in [0.25, 0.3) is 21.5 Å². The van der Waals surface area contributed by atoms with Gasteiger partial charge in [0.25, 0.3) is 0 Å². The summed E-state index contributed by atoms with van der Waals surface area (Å²) >= 11 is 0. The first-order valence-corrected chi connectivity index (χ1v) is 7.05. The van der Waals surface area contributed by atoms with Gasteiger partial charge in [0.1, 0.15) is 0 Å². The summed E-state index contributed by atoms with van der Waals surface area (Å²) in [5.41, 5.74) is 0. The smallest absolute Gasteiger partial charge is 1.00 e. The van der Waals surface area contributed by atoms with Crippen LogP contribution in [0.15, 0.2) is 79.4 Å². The van der Waals surface area contributed by atoms with Gasteiger partial charge in [0.05, 0.1) is 0 Å². The summed E-state index contributed by atoms with van der Waals surface area (Å²) < 4.78 is 0. The fourth-order valence-corrected chi connectivity index (χ4v) is 2.24. The van der Waals surface area contributed by atoms with Crippen LogP contribution in [0.2, 0.25) is 0 Å². The van der Waals surface area contributed by atoms with Crippen LogP contribution >= 0.6 is 0 Å². The Morgan fingerprint density at radius 3 is 1.75 bits per heavy atom. The maximum Gasteiger partial charge on any atom is 2.00 e. The molecule has 1 aliphatic carbocycles. The van der Waals surface area contributed by atoms with Crippen molar-refractivity contribution in [1.82, 2.24) is 0 Å². The van der Waals surface area contributed by atoms with Gasteiger partial charge in [-0.3, -0.25) is 12.7 Å². The second kappa shape index (κ2) is 14.3. The number of halogens is 2. The summed E-state index contributed by atoms with van der Waals surface area (Å²) in [6, 6.07) is 19.3. The summed E-state index contributed by atoms with van der Waals surface area (Å²) in [7, 11) is 0. The molecule has 0 atom stereocenters. The molecular weight excluding hydrogens is 414 g/mol. The minimum Gasteiger partial charge on any atom is -1.00 e. The molecule has 124 valence electrons. The average Bonchev–Trinajstić information content (AvgIpc) is 3.19. The molecular formula is C21H19Cl2Zr-3. The number of allylic oxidation sites excluding steroid dienone is 5. The van der Waals surface area contributed by atoms with Gasteiger partial charge in [-0.25, -0.2) is 12.2 Å². The molecule has 0 spiro atoms. The van der Waals surface area contributed by atoms with E-state index in [1.54, 1.807) is 6.92 Å². The summed E-state index contributed by atoms with van der Waals surface area (Å²) in [5, 5.41) is 5.39. The fourth-order valence-electron chi connectivity index (χ4n) is 2.24. The van der Waals surface area contributed by atoms with Crippen molar-refractivity contribution < 1.29 is 51.0 Å². The number of benzene rings is 2. The quantitative estimate of drug-likeness (QED) is 0.439. The van der Waals surface area contributed by atoms with Gasteiger partial charge < -0.3 is 30.9 Å². The van der Waals surface area contributed by atoms with Crippen LogP contribution in [0.4, 0.5) is 0 Å². The van der Waals surface area contributed by atoms with Gasteiger partial charge >= 0.3 is 26.2 Å². The number of hydrogen-bond acceptors (Lipinski definition) is 0. The van der Waals surface area contributed by atoms with E-state index >= 15 is 0 Å². The molecule has 0 radical (unpaired) electrons. The van der Waals surface area contributed by atoms with Crippen molar-refractivity contribution in [3.63, 3.8) is 0 Å². The standard InChI is InChI=1S/C13H9.C5H5.C3H5.2ClH.Zr/c1-3-7-12-10(5-1)9-11-6-2-4-8-13(11)12;1-2-4-5-3-1;1-3-2;;;/h1-9H;1-3H,4H2;1H2,2H3;2*1H;/q3*-1;;;+2/p-2. The number of rotatable bonds is 0. The largest absolute Gasteiger partial charge is 2.00 e. The first-order valence-electron chi connectivity index (χ1n) is 7.05. The molecule has 0 N–H and O–H groups in total. The molecule has 0 aromatic heterocycles. The Balaban J connectivity index is 0. The van der Waals surface area contributed by atoms with Crippen molar-refractivity contribution in [3.05, 3.63) is 91.6 Å². The van der Waals surface area contributed by atoms with Crippen molar-refractivity contribution in [2.24, 2.45) is 0 Å². The van der Waals surface area contributed by atoms with E-state index in [0.717, 1.165) is 6.42 Å². The zero-order valence-corrected chi connectivity index (χ0v) is 17.6. The first kappa shape index (κ1) is 25.2. The van der Waals surface area contributed by atoms with E-state index in [-0.39, 0.29) is 51.0 Å². The van der Waals surface area contributed by atoms with E-state index in [2.05, 4.69) is 79.4 Å². The van der Waals surface area contributed by atoms with E-state index in [1.165, 1.54) is 21.5 Å². The molecule has 0 aliphatic heterocycles. The molecule has 0 saturated heterocycles. The van der Waals surface area contributed by atoms with Gasteiger partial charge in [-0.15, -0.1) is 46.2 Å². The molecule has 0 nitrogen and oxygen atoms in total. The van der Waals surface area contributed by atoms with E-state index < -0.39 is 0 Å². The zero-order valence-electron chi connectivity index (χ0n) is 13.6. The van der Waals surface area contributed by atoms with Crippen molar-refractivity contribution in [2.45, 2.75) is 13.3 Å². The summed E-state index contributed by atoms with van der Waals surface area (Å²) in [6.07, 6.45) is 12.5. The Bertz CT molecular complexity index is 709. The SMILES string of the molecule is C=[C-]C.[C-]1=CC=CC1.[Cl-].[Cl-].[Zr+2].c1ccc2c(c1)[cH-]c1ccccc12. The molecule has 3 aromatic rings. The summed E-state index contributed by atoms with van der Waals surface area (Å²) in [6.45, 7) is 5.00. The third-order valence-electron chi connectivity index (χ3n) is 3.11. The third-order valence-corrected chi connectivity index (χ3v) is 3.11. The summed E-state index contributed by atoms with van der Waals surface area (Å²) in [5.74, 6) is 0. The first-order chi connectivity index (χ1) is 10.4. The molecule has 0 heterocycles. The number of fused-ring (bicyclic) bond motifs is 3. The Hall–Kier alpha value is -1.01. The number of hydrogen-bond donors (Lipinski definition) is 0. The van der Waals surface area contributed by atoms with Crippen molar-refractivity contribution in [3.8, 4) is 0 Å². The van der Waals surface area contributed by atoms with Crippen LogP contribution in [0, 0.1) is 12.2 Å². The van der Waals surface area contributed by atoms with Crippen LogP contribution in [0.1, 0.15) is 13.3 Å². The van der Waals surface area contributed by atoms with E-state index in [4.69, 9.17) is 0 Å². The van der Waals surface area contributed by atoms with E-state index in [0.29, 0.717) is 0 Å². The topological polar surface area (TPSA) is 0 Å². The van der Waals surface area contributed by atoms with Crippen LogP contribution in [0.3, 0.4) is 0 Å². The predicted octanol–water partition coefficient (Wildman–Crippen LogP) is 0.0186. The molecule has 4 rings (SSSR count). The Kier molecular flexibility index (Phi) is 15.1. The third kappa shape index (κ3) is 7.26. The minimum atomic E-state index is 0. The van der Waals surface area contributed by atoms with Gasteiger partial charge in [0, 0.05) is 0 Å². The predicted molar refractivity (Wildman–Crippen MR) is 93.2 cm³/mol. The van der Waals surface area contributed by atoms with Crippen molar-refractivity contribution in [2.75, 3.05) is 0 Å². The van der Waals surface area contributed by atoms with Crippen molar-refractivity contribution >= 4 is 21.5 Å². The summed E-state index contributed by atoms with van der Waals surface area (Å²) in [4.78, 5) is 0. The Labute approximate surface area is 176 Å². The maximum atomic E-state index is 3.24. The second-order valence-electron chi connectivity index (χ2n) is 4.68. The van der Waals surface area contributed by atoms with Crippen LogP contribution in [0.5, 0.6) is 0 Å². The minimum absolute atomic E-state index is 0. The fraction of sp³-hybridized carbons (Fsp3) is 0.0952.